The molecule has 0 saturated heterocycles. The Bertz CT molecular complexity index is 113. The highest BCUT2D eigenvalue weighted by Crippen LogP contribution is 2.14. The zero-order chi connectivity index (χ0) is 9.61. The molecule has 74 valence electrons. The van der Waals surface area contributed by atoms with Crippen molar-refractivity contribution in [1.29, 1.82) is 0 Å². The van der Waals surface area contributed by atoms with Gasteiger partial charge in [-0.15, -0.1) is 11.6 Å². The van der Waals surface area contributed by atoms with Gasteiger partial charge in [0.2, 0.25) is 0 Å². The van der Waals surface area contributed by atoms with Crippen molar-refractivity contribution in [3.8, 4) is 0 Å². The van der Waals surface area contributed by atoms with Crippen LogP contribution < -0.4 is 5.32 Å². The van der Waals surface area contributed by atoms with Gasteiger partial charge in [0.25, 0.3) is 0 Å². The molecule has 0 aromatic rings. The van der Waals surface area contributed by atoms with Gasteiger partial charge >= 0.3 is 0 Å². The molecule has 0 amide bonds. The van der Waals surface area contributed by atoms with Crippen LogP contribution in [0.1, 0.15) is 13.8 Å². The molecule has 0 radical (unpaired) electrons. The van der Waals surface area contributed by atoms with Crippen molar-refractivity contribution in [3.05, 3.63) is 0 Å². The van der Waals surface area contributed by atoms with Crippen molar-refractivity contribution in [1.82, 2.24) is 10.2 Å². The molecule has 1 N–H and O–H groups in total. The highest BCUT2D eigenvalue weighted by molar-refractivity contribution is 6.18. The molecule has 2 nitrogen and oxygen atoms in total. The van der Waals surface area contributed by atoms with Gasteiger partial charge in [-0.1, -0.05) is 13.8 Å². The Kier molecular flexibility index (Phi) is 5.89. The van der Waals surface area contributed by atoms with Gasteiger partial charge in [-0.05, 0) is 19.5 Å². The van der Waals surface area contributed by atoms with Crippen LogP contribution in [0.15, 0.2) is 0 Å². The number of nitrogens with zero attached hydrogens (tertiary/aromatic N) is 1. The minimum Gasteiger partial charge on any atom is -0.315 e. The van der Waals surface area contributed by atoms with Gasteiger partial charge < -0.3 is 10.2 Å². The van der Waals surface area contributed by atoms with E-state index in [9.17, 15) is 0 Å². The molecule has 0 saturated carbocycles. The summed E-state index contributed by atoms with van der Waals surface area (Å²) in [4.78, 5) is 2.17. The van der Waals surface area contributed by atoms with E-state index in [4.69, 9.17) is 11.6 Å². The van der Waals surface area contributed by atoms with Crippen LogP contribution >= 0.6 is 11.6 Å². The molecular formula is C9H21ClN2. The predicted molar refractivity (Wildman–Crippen MR) is 55.9 cm³/mol. The fourth-order valence-corrected chi connectivity index (χ4v) is 0.871. The van der Waals surface area contributed by atoms with E-state index in [1.807, 2.05) is 0 Å². The summed E-state index contributed by atoms with van der Waals surface area (Å²) >= 11 is 5.78. The lowest BCUT2D eigenvalue weighted by Crippen LogP contribution is -2.34. The lowest BCUT2D eigenvalue weighted by atomic mass is 9.97. The van der Waals surface area contributed by atoms with Crippen molar-refractivity contribution >= 4 is 11.6 Å². The van der Waals surface area contributed by atoms with E-state index in [1.54, 1.807) is 0 Å². The summed E-state index contributed by atoms with van der Waals surface area (Å²) in [6, 6.07) is 0. The first-order valence-electron chi connectivity index (χ1n) is 4.39. The average molecular weight is 193 g/mol. The minimum atomic E-state index is 0.216. The quantitative estimate of drug-likeness (QED) is 0.506. The van der Waals surface area contributed by atoms with Crippen LogP contribution in [0.4, 0.5) is 0 Å². The molecule has 0 aromatic carbocycles. The monoisotopic (exact) mass is 192 g/mol. The van der Waals surface area contributed by atoms with Crippen LogP contribution in [0.5, 0.6) is 0 Å². The molecular weight excluding hydrogens is 172 g/mol. The number of alkyl halides is 1. The van der Waals surface area contributed by atoms with Crippen molar-refractivity contribution in [2.24, 2.45) is 5.41 Å². The summed E-state index contributed by atoms with van der Waals surface area (Å²) < 4.78 is 0. The van der Waals surface area contributed by atoms with Crippen molar-refractivity contribution < 1.29 is 0 Å². The smallest absolute Gasteiger partial charge is 0.0286 e. The Morgan fingerprint density at radius 3 is 2.33 bits per heavy atom. The van der Waals surface area contributed by atoms with Gasteiger partial charge in [0.1, 0.15) is 0 Å². The molecule has 12 heavy (non-hydrogen) atoms. The van der Waals surface area contributed by atoms with E-state index in [0.29, 0.717) is 5.88 Å². The third-order valence-corrected chi connectivity index (χ3v) is 2.42. The van der Waals surface area contributed by atoms with Gasteiger partial charge in [-0.2, -0.15) is 0 Å². The summed E-state index contributed by atoms with van der Waals surface area (Å²) in [5.41, 5.74) is 0.216. The fourth-order valence-electron chi connectivity index (χ4n) is 0.777. The largest absolute Gasteiger partial charge is 0.315 e. The van der Waals surface area contributed by atoms with Gasteiger partial charge in [-0.25, -0.2) is 0 Å². The number of nitrogens with one attached hydrogen (secondary N) is 1. The Morgan fingerprint density at radius 1 is 1.33 bits per heavy atom. The predicted octanol–water partition coefficient (Wildman–Crippen LogP) is 1.40. The summed E-state index contributed by atoms with van der Waals surface area (Å²) in [6.07, 6.45) is 0. The standard InChI is InChI=1S/C9H21ClN2/c1-9(2,7-10)8-11-5-6-12(3)4/h11H,5-8H2,1-4H3. The molecule has 0 aliphatic rings. The first-order chi connectivity index (χ1) is 5.48. The maximum Gasteiger partial charge on any atom is 0.0286 e. The molecule has 0 aromatic heterocycles. The van der Waals surface area contributed by atoms with E-state index in [0.717, 1.165) is 19.6 Å². The van der Waals surface area contributed by atoms with E-state index in [1.165, 1.54) is 0 Å². The SMILES string of the molecule is CN(C)CCNCC(C)(C)CCl. The highest BCUT2D eigenvalue weighted by atomic mass is 35.5. The van der Waals surface area contributed by atoms with Gasteiger partial charge in [0, 0.05) is 25.5 Å². The second kappa shape index (κ2) is 5.79. The number of hydrogen-bond acceptors (Lipinski definition) is 2. The number of rotatable bonds is 6. The van der Waals surface area contributed by atoms with Gasteiger partial charge in [0.15, 0.2) is 0 Å². The zero-order valence-corrected chi connectivity index (χ0v) is 9.41. The summed E-state index contributed by atoms with van der Waals surface area (Å²) in [5, 5.41) is 3.38. The van der Waals surface area contributed by atoms with E-state index in [2.05, 4.69) is 38.2 Å². The van der Waals surface area contributed by atoms with E-state index >= 15 is 0 Å². The molecule has 0 unspecified atom stereocenters. The number of hydrogen-bond donors (Lipinski definition) is 1. The Morgan fingerprint density at radius 2 is 1.92 bits per heavy atom. The molecule has 0 fully saturated rings. The summed E-state index contributed by atoms with van der Waals surface area (Å²) in [7, 11) is 4.16. The molecule has 0 rings (SSSR count). The van der Waals surface area contributed by atoms with Crippen molar-refractivity contribution in [2.75, 3.05) is 39.6 Å². The lowest BCUT2D eigenvalue weighted by molar-refractivity contribution is 0.353. The average Bonchev–Trinajstić information content (AvgIpc) is 1.98. The van der Waals surface area contributed by atoms with Crippen LogP contribution in [-0.2, 0) is 0 Å². The molecule has 0 heterocycles. The van der Waals surface area contributed by atoms with Gasteiger partial charge in [-0.3, -0.25) is 0 Å². The van der Waals surface area contributed by atoms with Crippen LogP contribution in [-0.4, -0.2) is 44.5 Å². The molecule has 0 spiro atoms. The Hall–Kier alpha value is 0.210. The topological polar surface area (TPSA) is 15.3 Å². The second-order valence-corrected chi connectivity index (χ2v) is 4.55. The summed E-state index contributed by atoms with van der Waals surface area (Å²) in [5.74, 6) is 0.710. The molecule has 0 atom stereocenters. The molecule has 0 aliphatic carbocycles. The van der Waals surface area contributed by atoms with Crippen LogP contribution in [0.25, 0.3) is 0 Å². The molecule has 0 bridgehead atoms. The molecule has 3 heteroatoms. The maximum absolute atomic E-state index is 5.78. The normalized spacial score (nSPS) is 12.5. The Balaban J connectivity index is 3.31. The summed E-state index contributed by atoms with van der Waals surface area (Å²) in [6.45, 7) is 7.45. The lowest BCUT2D eigenvalue weighted by Gasteiger charge is -2.22. The minimum absolute atomic E-state index is 0.216. The number of halogens is 1. The third-order valence-electron chi connectivity index (χ3n) is 1.70. The van der Waals surface area contributed by atoms with E-state index < -0.39 is 0 Å². The van der Waals surface area contributed by atoms with E-state index in [-0.39, 0.29) is 5.41 Å². The first-order valence-corrected chi connectivity index (χ1v) is 4.93. The van der Waals surface area contributed by atoms with Crippen LogP contribution in [0.3, 0.4) is 0 Å². The van der Waals surface area contributed by atoms with Crippen molar-refractivity contribution in [2.45, 2.75) is 13.8 Å². The van der Waals surface area contributed by atoms with Crippen LogP contribution in [0.2, 0.25) is 0 Å². The first kappa shape index (κ1) is 12.2. The van der Waals surface area contributed by atoms with Crippen molar-refractivity contribution in [3.63, 3.8) is 0 Å². The van der Waals surface area contributed by atoms with Crippen LogP contribution in [0, 0.1) is 5.41 Å². The van der Waals surface area contributed by atoms with Gasteiger partial charge in [0.05, 0.1) is 0 Å². The Labute approximate surface area is 81.3 Å². The maximum atomic E-state index is 5.78. The number of likely N-dealkylation sites (N-methyl/N-ethyl adjacent to an activating group) is 1. The zero-order valence-electron chi connectivity index (χ0n) is 8.65. The fraction of sp³-hybridized carbons (Fsp3) is 1.00. The highest BCUT2D eigenvalue weighted by Gasteiger charge is 2.14. The third kappa shape index (κ3) is 6.89. The second-order valence-electron chi connectivity index (χ2n) is 4.28. The molecule has 0 aliphatic heterocycles.